The first-order chi connectivity index (χ1) is 15.0. The van der Waals surface area contributed by atoms with Crippen LogP contribution in [0.5, 0.6) is 0 Å². The fourth-order valence-corrected chi connectivity index (χ4v) is 5.84. The van der Waals surface area contributed by atoms with Crippen LogP contribution >= 0.6 is 11.3 Å². The lowest BCUT2D eigenvalue weighted by Gasteiger charge is -2.32. The van der Waals surface area contributed by atoms with E-state index in [4.69, 9.17) is 0 Å². The van der Waals surface area contributed by atoms with E-state index in [1.54, 1.807) is 17.7 Å². The van der Waals surface area contributed by atoms with Crippen molar-refractivity contribution in [2.45, 2.75) is 40.0 Å². The van der Waals surface area contributed by atoms with Crippen LogP contribution in [0.15, 0.2) is 24.5 Å². The van der Waals surface area contributed by atoms with Crippen LogP contribution in [0, 0.1) is 19.8 Å². The average Bonchev–Trinajstić information content (AvgIpc) is 3.33. The van der Waals surface area contributed by atoms with E-state index in [-0.39, 0.29) is 11.8 Å². The van der Waals surface area contributed by atoms with Crippen LogP contribution < -0.4 is 15.1 Å². The van der Waals surface area contributed by atoms with Gasteiger partial charge in [0, 0.05) is 48.3 Å². The smallest absolute Gasteiger partial charge is 0.227 e. The molecule has 3 aromatic rings. The molecular weight excluding hydrogens is 406 g/mol. The number of aryl methyl sites for hydroxylation is 2. The van der Waals surface area contributed by atoms with Crippen LogP contribution in [0.25, 0.3) is 10.2 Å². The minimum absolute atomic E-state index is 0.0365. The highest BCUT2D eigenvalue weighted by Crippen LogP contribution is 2.36. The molecule has 5 rings (SSSR count). The Hall–Kier alpha value is -2.67. The van der Waals surface area contributed by atoms with E-state index in [2.05, 4.69) is 58.0 Å². The fourth-order valence-electron chi connectivity index (χ4n) is 4.85. The summed E-state index contributed by atoms with van der Waals surface area (Å²) in [6.07, 6.45) is 4.44. The van der Waals surface area contributed by atoms with Crippen molar-refractivity contribution in [3.63, 3.8) is 0 Å². The Bertz CT molecular complexity index is 1130. The fraction of sp³-hybridized carbons (Fsp3) is 0.458. The minimum Gasteiger partial charge on any atom is -0.371 e. The van der Waals surface area contributed by atoms with Gasteiger partial charge in [0.05, 0.1) is 5.39 Å². The molecule has 7 heteroatoms. The standard InChI is InChI=1S/C24H29N5OS/c1-4-28-10-7-17-5-6-19(13-20(17)28)27-23(30)18-8-11-29(12-9-18)22-21-15(2)16(3)31-24(21)26-14-25-22/h5-6,13-14,18H,4,7-12H2,1-3H3,(H,27,30). The number of amides is 1. The van der Waals surface area contributed by atoms with Crippen molar-refractivity contribution in [1.29, 1.82) is 0 Å². The molecule has 1 saturated heterocycles. The zero-order valence-electron chi connectivity index (χ0n) is 18.4. The number of fused-ring (bicyclic) bond motifs is 2. The zero-order chi connectivity index (χ0) is 21.5. The van der Waals surface area contributed by atoms with Gasteiger partial charge < -0.3 is 15.1 Å². The van der Waals surface area contributed by atoms with Crippen LogP contribution in [0.3, 0.4) is 0 Å². The Balaban J connectivity index is 1.26. The molecule has 2 aliphatic heterocycles. The molecule has 1 amide bonds. The number of benzene rings is 1. The maximum atomic E-state index is 13.0. The average molecular weight is 436 g/mol. The Kier molecular flexibility index (Phi) is 5.30. The molecule has 0 atom stereocenters. The van der Waals surface area contributed by atoms with Crippen LogP contribution in [-0.2, 0) is 11.2 Å². The van der Waals surface area contributed by atoms with E-state index in [0.717, 1.165) is 61.8 Å². The minimum atomic E-state index is 0.0365. The molecule has 0 saturated carbocycles. The van der Waals surface area contributed by atoms with E-state index in [1.165, 1.54) is 27.1 Å². The Labute approximate surface area is 187 Å². The van der Waals surface area contributed by atoms with Crippen molar-refractivity contribution in [3.8, 4) is 0 Å². The van der Waals surface area contributed by atoms with E-state index in [1.807, 2.05) is 6.07 Å². The van der Waals surface area contributed by atoms with E-state index >= 15 is 0 Å². The number of anilines is 3. The molecule has 2 aromatic heterocycles. The second-order valence-corrected chi connectivity index (χ2v) is 9.79. The summed E-state index contributed by atoms with van der Waals surface area (Å²) in [4.78, 5) is 29.1. The molecule has 0 spiro atoms. The molecule has 0 unspecified atom stereocenters. The number of aromatic nitrogens is 2. The maximum Gasteiger partial charge on any atom is 0.227 e. The summed E-state index contributed by atoms with van der Waals surface area (Å²) in [7, 11) is 0. The van der Waals surface area contributed by atoms with Gasteiger partial charge in [-0.3, -0.25) is 4.79 Å². The molecule has 2 aliphatic rings. The van der Waals surface area contributed by atoms with Gasteiger partial charge in [-0.2, -0.15) is 0 Å². The first kappa shape index (κ1) is 20.2. The number of rotatable bonds is 4. The molecule has 0 aliphatic carbocycles. The van der Waals surface area contributed by atoms with Gasteiger partial charge >= 0.3 is 0 Å². The summed E-state index contributed by atoms with van der Waals surface area (Å²) in [5.74, 6) is 1.19. The third-order valence-corrected chi connectivity index (χ3v) is 7.95. The van der Waals surface area contributed by atoms with Crippen molar-refractivity contribution in [2.75, 3.05) is 41.3 Å². The van der Waals surface area contributed by atoms with Gasteiger partial charge in [-0.25, -0.2) is 9.97 Å². The Morgan fingerprint density at radius 2 is 2.00 bits per heavy atom. The van der Waals surface area contributed by atoms with Crippen molar-refractivity contribution >= 4 is 44.7 Å². The molecule has 0 bridgehead atoms. The molecule has 31 heavy (non-hydrogen) atoms. The van der Waals surface area contributed by atoms with Gasteiger partial charge in [0.25, 0.3) is 0 Å². The monoisotopic (exact) mass is 435 g/mol. The quantitative estimate of drug-likeness (QED) is 0.652. The highest BCUT2D eigenvalue weighted by atomic mass is 32.1. The molecule has 1 aromatic carbocycles. The predicted octanol–water partition coefficient (Wildman–Crippen LogP) is 4.55. The predicted molar refractivity (Wildman–Crippen MR) is 128 cm³/mol. The lowest BCUT2D eigenvalue weighted by Crippen LogP contribution is -2.38. The Morgan fingerprint density at radius 1 is 1.19 bits per heavy atom. The summed E-state index contributed by atoms with van der Waals surface area (Å²) >= 11 is 1.73. The third kappa shape index (κ3) is 3.65. The molecule has 4 heterocycles. The van der Waals surface area contributed by atoms with Crippen LogP contribution in [0.1, 0.15) is 35.8 Å². The number of carbonyl (C=O) groups is 1. The second-order valence-electron chi connectivity index (χ2n) is 8.58. The highest BCUT2D eigenvalue weighted by molar-refractivity contribution is 7.18. The second kappa shape index (κ2) is 8.11. The van der Waals surface area contributed by atoms with Gasteiger partial charge in [-0.1, -0.05) is 6.07 Å². The SMILES string of the molecule is CCN1CCc2ccc(NC(=O)C3CCN(c4ncnc5sc(C)c(C)c45)CC3)cc21. The Morgan fingerprint density at radius 3 is 2.77 bits per heavy atom. The van der Waals surface area contributed by atoms with Crippen LogP contribution in [-0.4, -0.2) is 42.1 Å². The lowest BCUT2D eigenvalue weighted by atomic mass is 9.95. The maximum absolute atomic E-state index is 13.0. The zero-order valence-corrected chi connectivity index (χ0v) is 19.3. The normalized spacial score (nSPS) is 16.7. The van der Waals surface area contributed by atoms with Crippen molar-refractivity contribution in [3.05, 3.63) is 40.5 Å². The first-order valence-electron chi connectivity index (χ1n) is 11.2. The molecule has 1 fully saturated rings. The van der Waals surface area contributed by atoms with Crippen LogP contribution in [0.4, 0.5) is 17.2 Å². The lowest BCUT2D eigenvalue weighted by molar-refractivity contribution is -0.120. The topological polar surface area (TPSA) is 61.4 Å². The largest absolute Gasteiger partial charge is 0.371 e. The highest BCUT2D eigenvalue weighted by Gasteiger charge is 2.28. The van der Waals surface area contributed by atoms with E-state index < -0.39 is 0 Å². The van der Waals surface area contributed by atoms with Crippen LogP contribution in [0.2, 0.25) is 0 Å². The number of piperidine rings is 1. The van der Waals surface area contributed by atoms with E-state index in [0.29, 0.717) is 0 Å². The van der Waals surface area contributed by atoms with Crippen molar-refractivity contribution in [1.82, 2.24) is 9.97 Å². The number of hydrogen-bond donors (Lipinski definition) is 1. The molecule has 6 nitrogen and oxygen atoms in total. The number of nitrogens with zero attached hydrogens (tertiary/aromatic N) is 4. The summed E-state index contributed by atoms with van der Waals surface area (Å²) in [5.41, 5.74) is 4.83. The molecule has 162 valence electrons. The van der Waals surface area contributed by atoms with Gasteiger partial charge in [0.1, 0.15) is 17.0 Å². The van der Waals surface area contributed by atoms with Gasteiger partial charge in [-0.05, 0) is 63.3 Å². The number of likely N-dealkylation sites (N-methyl/N-ethyl adjacent to an activating group) is 1. The number of hydrogen-bond acceptors (Lipinski definition) is 6. The number of thiophene rings is 1. The van der Waals surface area contributed by atoms with Gasteiger partial charge in [-0.15, -0.1) is 11.3 Å². The number of carbonyl (C=O) groups excluding carboxylic acids is 1. The summed E-state index contributed by atoms with van der Waals surface area (Å²) in [6, 6.07) is 6.34. The molecular formula is C24H29N5OS. The summed E-state index contributed by atoms with van der Waals surface area (Å²) < 4.78 is 0. The number of nitrogens with one attached hydrogen (secondary N) is 1. The third-order valence-electron chi connectivity index (χ3n) is 6.84. The summed E-state index contributed by atoms with van der Waals surface area (Å²) in [6.45, 7) is 10.2. The van der Waals surface area contributed by atoms with Crippen molar-refractivity contribution in [2.24, 2.45) is 5.92 Å². The first-order valence-corrected chi connectivity index (χ1v) is 12.0. The molecule has 1 N–H and O–H groups in total. The van der Waals surface area contributed by atoms with Gasteiger partial charge in [0.15, 0.2) is 0 Å². The van der Waals surface area contributed by atoms with E-state index in [9.17, 15) is 4.79 Å². The van der Waals surface area contributed by atoms with Gasteiger partial charge in [0.2, 0.25) is 5.91 Å². The van der Waals surface area contributed by atoms with Crippen molar-refractivity contribution < 1.29 is 4.79 Å². The molecule has 0 radical (unpaired) electrons. The summed E-state index contributed by atoms with van der Waals surface area (Å²) in [5, 5.41) is 4.35.